The van der Waals surface area contributed by atoms with Gasteiger partial charge in [-0.2, -0.15) is 13.2 Å². The first-order valence-corrected chi connectivity index (χ1v) is 9.55. The van der Waals surface area contributed by atoms with Crippen molar-refractivity contribution in [3.8, 4) is 0 Å². The molecule has 0 spiro atoms. The predicted molar refractivity (Wildman–Crippen MR) is 95.1 cm³/mol. The number of nitrogens with zero attached hydrogens (tertiary/aromatic N) is 2. The molecule has 0 bridgehead atoms. The summed E-state index contributed by atoms with van der Waals surface area (Å²) in [5, 5.41) is 3.29. The second-order valence-corrected chi connectivity index (χ2v) is 7.27. The molecule has 0 aliphatic heterocycles. The molecule has 1 heterocycles. The summed E-state index contributed by atoms with van der Waals surface area (Å²) in [5.74, 6) is -0.257. The second kappa shape index (κ2) is 8.16. The Kier molecular flexibility index (Phi) is 5.90. The van der Waals surface area contributed by atoms with E-state index in [2.05, 4.69) is 14.9 Å². The molecular formula is C18H20F3N3OS. The van der Waals surface area contributed by atoms with E-state index in [0.717, 1.165) is 30.1 Å². The van der Waals surface area contributed by atoms with Crippen LogP contribution in [0.2, 0.25) is 0 Å². The fourth-order valence-electron chi connectivity index (χ4n) is 3.15. The van der Waals surface area contributed by atoms with Crippen molar-refractivity contribution in [2.75, 3.05) is 11.1 Å². The minimum Gasteiger partial charge on any atom is -0.325 e. The van der Waals surface area contributed by atoms with Crippen molar-refractivity contribution in [1.29, 1.82) is 0 Å². The summed E-state index contributed by atoms with van der Waals surface area (Å²) >= 11 is 1.30. The first-order chi connectivity index (χ1) is 12.4. The molecule has 1 aromatic carbocycles. The minimum atomic E-state index is -4.43. The quantitative estimate of drug-likeness (QED) is 0.728. The van der Waals surface area contributed by atoms with Gasteiger partial charge in [-0.05, 0) is 31.0 Å². The van der Waals surface area contributed by atoms with Crippen molar-refractivity contribution >= 4 is 23.4 Å². The summed E-state index contributed by atoms with van der Waals surface area (Å²) < 4.78 is 40.3. The molecule has 1 N–H and O–H groups in total. The van der Waals surface area contributed by atoms with Crippen LogP contribution in [0.15, 0.2) is 41.8 Å². The number of hydrogen-bond donors (Lipinski definition) is 1. The van der Waals surface area contributed by atoms with Gasteiger partial charge in [0.25, 0.3) is 0 Å². The number of carbonyl (C=O) groups is 1. The van der Waals surface area contributed by atoms with Gasteiger partial charge in [-0.3, -0.25) is 4.79 Å². The van der Waals surface area contributed by atoms with Gasteiger partial charge in [0.1, 0.15) is 0 Å². The van der Waals surface area contributed by atoms with E-state index in [4.69, 9.17) is 0 Å². The van der Waals surface area contributed by atoms with E-state index in [1.807, 2.05) is 6.20 Å². The van der Waals surface area contributed by atoms with Crippen LogP contribution < -0.4 is 5.32 Å². The summed E-state index contributed by atoms with van der Waals surface area (Å²) in [6, 6.07) is 5.05. The molecule has 1 amide bonds. The number of rotatable bonds is 5. The Morgan fingerprint density at radius 2 is 2.04 bits per heavy atom. The molecule has 1 aromatic heterocycles. The molecule has 1 aliphatic rings. The number of nitrogens with one attached hydrogen (secondary N) is 1. The lowest BCUT2D eigenvalue weighted by molar-refractivity contribution is -0.137. The third-order valence-corrected chi connectivity index (χ3v) is 5.39. The molecule has 0 atom stereocenters. The highest BCUT2D eigenvalue weighted by Gasteiger charge is 2.30. The van der Waals surface area contributed by atoms with Crippen molar-refractivity contribution in [2.45, 2.75) is 49.5 Å². The van der Waals surface area contributed by atoms with Crippen LogP contribution in [0.4, 0.5) is 18.9 Å². The van der Waals surface area contributed by atoms with Crippen LogP contribution in [0.5, 0.6) is 0 Å². The lowest BCUT2D eigenvalue weighted by Gasteiger charge is -2.24. The van der Waals surface area contributed by atoms with Crippen LogP contribution in [-0.2, 0) is 11.0 Å². The van der Waals surface area contributed by atoms with E-state index in [9.17, 15) is 18.0 Å². The average molecular weight is 383 g/mol. The highest BCUT2D eigenvalue weighted by atomic mass is 32.2. The van der Waals surface area contributed by atoms with E-state index >= 15 is 0 Å². The average Bonchev–Trinajstić information content (AvgIpc) is 3.09. The van der Waals surface area contributed by atoms with Gasteiger partial charge in [0.15, 0.2) is 5.16 Å². The van der Waals surface area contributed by atoms with E-state index in [0.29, 0.717) is 6.04 Å². The second-order valence-electron chi connectivity index (χ2n) is 6.32. The number of amides is 1. The van der Waals surface area contributed by atoms with Gasteiger partial charge in [0.2, 0.25) is 5.91 Å². The van der Waals surface area contributed by atoms with E-state index < -0.39 is 11.7 Å². The number of benzene rings is 1. The van der Waals surface area contributed by atoms with Gasteiger partial charge in [0, 0.05) is 24.1 Å². The van der Waals surface area contributed by atoms with Crippen LogP contribution in [0.3, 0.4) is 0 Å². The zero-order chi connectivity index (χ0) is 18.6. The van der Waals surface area contributed by atoms with Crippen molar-refractivity contribution in [1.82, 2.24) is 9.55 Å². The largest absolute Gasteiger partial charge is 0.416 e. The lowest BCUT2D eigenvalue weighted by Crippen LogP contribution is -2.17. The maximum atomic E-state index is 12.7. The third kappa shape index (κ3) is 4.81. The Labute approximate surface area is 154 Å². The van der Waals surface area contributed by atoms with Crippen LogP contribution in [0.1, 0.15) is 43.7 Å². The van der Waals surface area contributed by atoms with Crippen molar-refractivity contribution in [3.63, 3.8) is 0 Å². The van der Waals surface area contributed by atoms with Crippen LogP contribution in [0.25, 0.3) is 0 Å². The van der Waals surface area contributed by atoms with Gasteiger partial charge in [0.05, 0.1) is 11.3 Å². The standard InChI is InChI=1S/C18H20F3N3OS/c19-18(20,21)13-5-4-6-14(11-13)23-16(25)12-26-17-22-9-10-24(17)15-7-2-1-3-8-15/h4-6,9-11,15H,1-3,7-8,12H2,(H,23,25). The maximum absolute atomic E-state index is 12.7. The SMILES string of the molecule is O=C(CSc1nccn1C1CCCCC1)Nc1cccc(C(F)(F)F)c1. The molecule has 1 aliphatic carbocycles. The zero-order valence-corrected chi connectivity index (χ0v) is 14.9. The van der Waals surface area contributed by atoms with E-state index in [1.165, 1.54) is 43.2 Å². The van der Waals surface area contributed by atoms with Gasteiger partial charge in [-0.15, -0.1) is 0 Å². The first-order valence-electron chi connectivity index (χ1n) is 8.56. The predicted octanol–water partition coefficient (Wildman–Crippen LogP) is 5.14. The Hall–Kier alpha value is -1.96. The Bertz CT molecular complexity index is 754. The smallest absolute Gasteiger partial charge is 0.325 e. The number of hydrogen-bond acceptors (Lipinski definition) is 3. The monoisotopic (exact) mass is 383 g/mol. The van der Waals surface area contributed by atoms with Crippen LogP contribution in [-0.4, -0.2) is 21.2 Å². The minimum absolute atomic E-state index is 0.0972. The molecule has 0 saturated heterocycles. The van der Waals surface area contributed by atoms with Crippen molar-refractivity contribution < 1.29 is 18.0 Å². The fraction of sp³-hybridized carbons (Fsp3) is 0.444. The number of thioether (sulfide) groups is 1. The summed E-state index contributed by atoms with van der Waals surface area (Å²) in [6.45, 7) is 0. The van der Waals surface area contributed by atoms with Crippen molar-refractivity contribution in [2.24, 2.45) is 0 Å². The van der Waals surface area contributed by atoms with E-state index in [1.54, 1.807) is 6.20 Å². The van der Waals surface area contributed by atoms with Gasteiger partial charge >= 0.3 is 6.18 Å². The van der Waals surface area contributed by atoms with Gasteiger partial charge in [-0.25, -0.2) is 4.98 Å². The lowest BCUT2D eigenvalue weighted by atomic mass is 9.95. The molecule has 0 radical (unpaired) electrons. The molecular weight excluding hydrogens is 363 g/mol. The molecule has 1 saturated carbocycles. The molecule has 4 nitrogen and oxygen atoms in total. The summed E-state index contributed by atoms with van der Waals surface area (Å²) in [6.07, 6.45) is 5.10. The van der Waals surface area contributed by atoms with Crippen LogP contribution in [0, 0.1) is 0 Å². The Balaban J connectivity index is 1.58. The molecule has 140 valence electrons. The summed E-state index contributed by atoms with van der Waals surface area (Å²) in [7, 11) is 0. The van der Waals surface area contributed by atoms with Gasteiger partial charge < -0.3 is 9.88 Å². The highest BCUT2D eigenvalue weighted by molar-refractivity contribution is 7.99. The highest BCUT2D eigenvalue weighted by Crippen LogP contribution is 2.32. The first kappa shape index (κ1) is 18.8. The number of aromatic nitrogens is 2. The summed E-state index contributed by atoms with van der Waals surface area (Å²) in [4.78, 5) is 16.4. The maximum Gasteiger partial charge on any atom is 0.416 e. The topological polar surface area (TPSA) is 46.9 Å². The number of halogens is 3. The number of alkyl halides is 3. The fourth-order valence-corrected chi connectivity index (χ4v) is 3.98. The Morgan fingerprint density at radius 3 is 2.77 bits per heavy atom. The number of carbonyl (C=O) groups excluding carboxylic acids is 1. The van der Waals surface area contributed by atoms with Gasteiger partial charge in [-0.1, -0.05) is 37.1 Å². The number of imidazole rings is 1. The molecule has 2 aromatic rings. The zero-order valence-electron chi connectivity index (χ0n) is 14.1. The molecule has 3 rings (SSSR count). The third-order valence-electron chi connectivity index (χ3n) is 4.41. The number of anilines is 1. The molecule has 1 fully saturated rings. The van der Waals surface area contributed by atoms with E-state index in [-0.39, 0.29) is 17.3 Å². The molecule has 26 heavy (non-hydrogen) atoms. The molecule has 8 heteroatoms. The van der Waals surface area contributed by atoms with Crippen LogP contribution >= 0.6 is 11.8 Å². The Morgan fingerprint density at radius 1 is 1.27 bits per heavy atom. The molecule has 0 unspecified atom stereocenters. The normalized spacial score (nSPS) is 15.8. The van der Waals surface area contributed by atoms with Crippen molar-refractivity contribution in [3.05, 3.63) is 42.2 Å². The summed E-state index contributed by atoms with van der Waals surface area (Å²) in [5.41, 5.74) is -0.642.